The van der Waals surface area contributed by atoms with Crippen molar-refractivity contribution in [2.24, 2.45) is 0 Å². The molecule has 4 rings (SSSR count). The van der Waals surface area contributed by atoms with Gasteiger partial charge in [0.2, 0.25) is 0 Å². The average molecular weight is 394 g/mol. The summed E-state index contributed by atoms with van der Waals surface area (Å²) in [7, 11) is 0. The van der Waals surface area contributed by atoms with Crippen molar-refractivity contribution in [1.82, 2.24) is 0 Å². The van der Waals surface area contributed by atoms with Crippen molar-refractivity contribution in [2.45, 2.75) is 9.79 Å². The number of hydrogen-bond donors (Lipinski definition) is 0. The van der Waals surface area contributed by atoms with Crippen molar-refractivity contribution in [2.75, 3.05) is 0 Å². The fraction of sp³-hybridized carbons (Fsp3) is 0. The van der Waals surface area contributed by atoms with E-state index < -0.39 is 0 Å². The van der Waals surface area contributed by atoms with Crippen LogP contribution in [0, 0.1) is 0 Å². The second-order valence-corrected chi connectivity index (χ2v) is 7.57. The smallest absolute Gasteiger partial charge is 0.194 e. The molecule has 29 heavy (non-hydrogen) atoms. The first-order valence-electron chi connectivity index (χ1n) is 9.29. The molecule has 0 fully saturated rings. The zero-order chi connectivity index (χ0) is 20.1. The highest BCUT2D eigenvalue weighted by Gasteiger charge is 2.17. The third kappa shape index (κ3) is 4.20. The highest BCUT2D eigenvalue weighted by molar-refractivity contribution is 7.99. The summed E-state index contributed by atoms with van der Waals surface area (Å²) in [5.74, 6) is -0.0545. The molecular weight excluding hydrogens is 376 g/mol. The van der Waals surface area contributed by atoms with Gasteiger partial charge in [-0.05, 0) is 24.3 Å². The second-order valence-electron chi connectivity index (χ2n) is 6.48. The van der Waals surface area contributed by atoms with Gasteiger partial charge in [0.1, 0.15) is 0 Å². The van der Waals surface area contributed by atoms with E-state index in [1.165, 1.54) is 11.8 Å². The van der Waals surface area contributed by atoms with Crippen LogP contribution in [-0.2, 0) is 0 Å². The van der Waals surface area contributed by atoms with Gasteiger partial charge < -0.3 is 0 Å². The quantitative estimate of drug-likeness (QED) is 0.360. The Kier molecular flexibility index (Phi) is 5.68. The maximum atomic E-state index is 13.0. The molecular formula is C26H18O2S. The van der Waals surface area contributed by atoms with Gasteiger partial charge in [0.15, 0.2) is 11.6 Å². The Balaban J connectivity index is 1.70. The first kappa shape index (κ1) is 18.9. The van der Waals surface area contributed by atoms with Crippen molar-refractivity contribution in [3.05, 3.63) is 131 Å². The lowest BCUT2D eigenvalue weighted by atomic mass is 10.0. The van der Waals surface area contributed by atoms with Crippen LogP contribution in [0.5, 0.6) is 0 Å². The first-order valence-corrected chi connectivity index (χ1v) is 10.1. The predicted octanol–water partition coefficient (Wildman–Crippen LogP) is 6.30. The molecule has 0 aliphatic carbocycles. The molecule has 2 nitrogen and oxygen atoms in total. The Morgan fingerprint density at radius 1 is 0.448 bits per heavy atom. The van der Waals surface area contributed by atoms with E-state index in [0.717, 1.165) is 9.79 Å². The van der Waals surface area contributed by atoms with Crippen LogP contribution in [0.3, 0.4) is 0 Å². The lowest BCUT2D eigenvalue weighted by molar-refractivity contribution is 0.102. The van der Waals surface area contributed by atoms with E-state index >= 15 is 0 Å². The summed E-state index contributed by atoms with van der Waals surface area (Å²) in [6.45, 7) is 0. The minimum Gasteiger partial charge on any atom is -0.289 e. The van der Waals surface area contributed by atoms with Gasteiger partial charge in [-0.25, -0.2) is 0 Å². The van der Waals surface area contributed by atoms with E-state index in [0.29, 0.717) is 22.3 Å². The molecule has 4 aromatic rings. The monoisotopic (exact) mass is 394 g/mol. The molecule has 0 radical (unpaired) electrons. The van der Waals surface area contributed by atoms with E-state index in [9.17, 15) is 9.59 Å². The standard InChI is InChI=1S/C26H18O2S/c27-25(19-11-3-1-4-12-19)21-15-7-9-17-23(21)29-24-18-10-8-16-22(24)26(28)20-13-5-2-6-14-20/h1-18H. The topological polar surface area (TPSA) is 34.1 Å². The van der Waals surface area contributed by atoms with Gasteiger partial charge in [-0.3, -0.25) is 9.59 Å². The Morgan fingerprint density at radius 2 is 0.793 bits per heavy atom. The van der Waals surface area contributed by atoms with Crippen molar-refractivity contribution in [1.29, 1.82) is 0 Å². The number of carbonyl (C=O) groups excluding carboxylic acids is 2. The highest BCUT2D eigenvalue weighted by atomic mass is 32.2. The van der Waals surface area contributed by atoms with Crippen LogP contribution < -0.4 is 0 Å². The lowest BCUT2D eigenvalue weighted by Gasteiger charge is -2.11. The van der Waals surface area contributed by atoms with Crippen molar-refractivity contribution < 1.29 is 9.59 Å². The summed E-state index contributed by atoms with van der Waals surface area (Å²) in [4.78, 5) is 27.7. The SMILES string of the molecule is O=C(c1ccccc1)c1ccccc1Sc1ccccc1C(=O)c1ccccc1. The zero-order valence-corrected chi connectivity index (χ0v) is 16.4. The van der Waals surface area contributed by atoms with Gasteiger partial charge >= 0.3 is 0 Å². The van der Waals surface area contributed by atoms with Crippen LogP contribution in [0.4, 0.5) is 0 Å². The van der Waals surface area contributed by atoms with Crippen LogP contribution in [-0.4, -0.2) is 11.6 Å². The van der Waals surface area contributed by atoms with Crippen molar-refractivity contribution in [3.8, 4) is 0 Å². The molecule has 0 spiro atoms. The summed E-state index contributed by atoms with van der Waals surface area (Å²) in [6.07, 6.45) is 0. The molecule has 3 heteroatoms. The molecule has 0 amide bonds. The first-order chi connectivity index (χ1) is 14.2. The molecule has 0 heterocycles. The fourth-order valence-electron chi connectivity index (χ4n) is 3.09. The molecule has 0 saturated carbocycles. The largest absolute Gasteiger partial charge is 0.289 e. The predicted molar refractivity (Wildman–Crippen MR) is 117 cm³/mol. The van der Waals surface area contributed by atoms with Crippen molar-refractivity contribution >= 4 is 23.3 Å². The van der Waals surface area contributed by atoms with Crippen LogP contribution >= 0.6 is 11.8 Å². The van der Waals surface area contributed by atoms with Crippen LogP contribution in [0.15, 0.2) is 119 Å². The minimum atomic E-state index is -0.0273. The minimum absolute atomic E-state index is 0.0273. The second kappa shape index (κ2) is 8.72. The molecule has 0 atom stereocenters. The zero-order valence-electron chi connectivity index (χ0n) is 15.6. The third-order valence-electron chi connectivity index (χ3n) is 4.56. The number of rotatable bonds is 6. The average Bonchev–Trinajstić information content (AvgIpc) is 2.80. The molecule has 0 aromatic heterocycles. The Labute approximate surface area is 174 Å². The van der Waals surface area contributed by atoms with E-state index in [2.05, 4.69) is 0 Å². The van der Waals surface area contributed by atoms with Gasteiger partial charge in [0, 0.05) is 32.0 Å². The van der Waals surface area contributed by atoms with Crippen LogP contribution in [0.1, 0.15) is 31.8 Å². The van der Waals surface area contributed by atoms with Gasteiger partial charge in [-0.15, -0.1) is 0 Å². The van der Waals surface area contributed by atoms with Gasteiger partial charge in [-0.2, -0.15) is 0 Å². The maximum Gasteiger partial charge on any atom is 0.194 e. The van der Waals surface area contributed by atoms with Crippen LogP contribution in [0.25, 0.3) is 0 Å². The Hall–Kier alpha value is -3.43. The van der Waals surface area contributed by atoms with Crippen LogP contribution in [0.2, 0.25) is 0 Å². The summed E-state index contributed by atoms with van der Waals surface area (Å²) in [6, 6.07) is 33.5. The summed E-state index contributed by atoms with van der Waals surface area (Å²) in [5.41, 5.74) is 2.56. The normalized spacial score (nSPS) is 10.5. The summed E-state index contributed by atoms with van der Waals surface area (Å²) < 4.78 is 0. The Bertz CT molecular complexity index is 1060. The number of carbonyl (C=O) groups is 2. The van der Waals surface area contributed by atoms with Gasteiger partial charge in [0.25, 0.3) is 0 Å². The van der Waals surface area contributed by atoms with Crippen molar-refractivity contribution in [3.63, 3.8) is 0 Å². The van der Waals surface area contributed by atoms with E-state index in [4.69, 9.17) is 0 Å². The van der Waals surface area contributed by atoms with E-state index in [1.807, 2.05) is 109 Å². The summed E-state index contributed by atoms with van der Waals surface area (Å²) >= 11 is 1.45. The molecule has 0 aliphatic heterocycles. The number of benzene rings is 4. The lowest BCUT2D eigenvalue weighted by Crippen LogP contribution is -2.04. The van der Waals surface area contributed by atoms with E-state index in [-0.39, 0.29) is 11.6 Å². The molecule has 0 bridgehead atoms. The molecule has 0 unspecified atom stereocenters. The maximum absolute atomic E-state index is 13.0. The van der Waals surface area contributed by atoms with Gasteiger partial charge in [-0.1, -0.05) is 96.7 Å². The molecule has 4 aromatic carbocycles. The Morgan fingerprint density at radius 3 is 1.21 bits per heavy atom. The molecule has 0 aliphatic rings. The van der Waals surface area contributed by atoms with E-state index in [1.54, 1.807) is 0 Å². The molecule has 0 N–H and O–H groups in total. The molecule has 0 saturated heterocycles. The fourth-order valence-corrected chi connectivity index (χ4v) is 4.17. The number of hydrogen-bond acceptors (Lipinski definition) is 3. The van der Waals surface area contributed by atoms with Gasteiger partial charge in [0.05, 0.1) is 0 Å². The summed E-state index contributed by atoms with van der Waals surface area (Å²) in [5, 5.41) is 0. The highest BCUT2D eigenvalue weighted by Crippen LogP contribution is 2.34. The third-order valence-corrected chi connectivity index (χ3v) is 5.71. The number of ketones is 2. The molecule has 140 valence electrons.